The van der Waals surface area contributed by atoms with Gasteiger partial charge >= 0.3 is 5.97 Å². The highest BCUT2D eigenvalue weighted by Gasteiger charge is 2.49. The highest BCUT2D eigenvalue weighted by molar-refractivity contribution is 5.86. The van der Waals surface area contributed by atoms with Crippen LogP contribution in [-0.4, -0.2) is 18.7 Å². The molecule has 1 fully saturated rings. The summed E-state index contributed by atoms with van der Waals surface area (Å²) in [5, 5.41) is 2.15. The fraction of sp³-hybridized carbons (Fsp3) is 0.433. The molecule has 0 aliphatic carbocycles. The van der Waals surface area contributed by atoms with E-state index in [-0.39, 0.29) is 12.1 Å². The first-order chi connectivity index (χ1) is 16.8. The summed E-state index contributed by atoms with van der Waals surface area (Å²) in [6, 6.07) is 21.5. The molecule has 180 valence electrons. The molecule has 3 aromatic carbocycles. The highest BCUT2D eigenvalue weighted by atomic mass is 16.6. The zero-order chi connectivity index (χ0) is 23.6. The van der Waals surface area contributed by atoms with Gasteiger partial charge in [-0.2, -0.15) is 0 Å². The van der Waals surface area contributed by atoms with Crippen molar-refractivity contribution >= 4 is 16.7 Å². The van der Waals surface area contributed by atoms with Gasteiger partial charge in [-0.05, 0) is 35.4 Å². The number of hydrogen-bond acceptors (Lipinski definition) is 4. The minimum Gasteiger partial charge on any atom is -0.493 e. The molecule has 2 unspecified atom stereocenters. The summed E-state index contributed by atoms with van der Waals surface area (Å²) < 4.78 is 17.4. The number of fused-ring (bicyclic) bond motifs is 1. The maximum atomic E-state index is 12.7. The van der Waals surface area contributed by atoms with Crippen molar-refractivity contribution in [3.8, 4) is 11.5 Å². The zero-order valence-corrected chi connectivity index (χ0v) is 20.2. The number of carbonyl (C=O) groups excluding carboxylic acids is 1. The molecule has 0 N–H and O–H groups in total. The molecular weight excluding hydrogens is 424 g/mol. The molecule has 0 bridgehead atoms. The van der Waals surface area contributed by atoms with Crippen LogP contribution in [0.1, 0.15) is 76.4 Å². The number of hydrogen-bond donors (Lipinski definition) is 0. The molecule has 0 spiro atoms. The molecule has 0 saturated carbocycles. The quantitative estimate of drug-likeness (QED) is 0.107. The van der Waals surface area contributed by atoms with Gasteiger partial charge in [-0.3, -0.25) is 0 Å². The SMILES string of the molecule is CCCCCCCCCCCOc1ccccc1C1OC1C(=O)Oc1ccc2ccccc2c1. The van der Waals surface area contributed by atoms with Crippen LogP contribution in [0, 0.1) is 0 Å². The highest BCUT2D eigenvalue weighted by Crippen LogP contribution is 2.43. The first kappa shape index (κ1) is 24.3. The van der Waals surface area contributed by atoms with Crippen LogP contribution in [0.3, 0.4) is 0 Å². The number of para-hydroxylation sites is 1. The minimum atomic E-state index is -0.594. The molecule has 0 amide bonds. The van der Waals surface area contributed by atoms with Crippen molar-refractivity contribution in [2.45, 2.75) is 76.9 Å². The normalized spacial score (nSPS) is 17.0. The Morgan fingerprint density at radius 2 is 1.47 bits per heavy atom. The Kier molecular flexibility index (Phi) is 8.97. The number of benzene rings is 3. The molecule has 3 aromatic rings. The van der Waals surface area contributed by atoms with Gasteiger partial charge in [0.1, 0.15) is 17.6 Å². The van der Waals surface area contributed by atoms with Gasteiger partial charge in [0.2, 0.25) is 0 Å². The lowest BCUT2D eigenvalue weighted by atomic mass is 10.1. The van der Waals surface area contributed by atoms with E-state index in [9.17, 15) is 4.79 Å². The van der Waals surface area contributed by atoms with Gasteiger partial charge < -0.3 is 14.2 Å². The average Bonchev–Trinajstić information content (AvgIpc) is 3.66. The van der Waals surface area contributed by atoms with Crippen molar-refractivity contribution in [2.75, 3.05) is 6.61 Å². The fourth-order valence-electron chi connectivity index (χ4n) is 4.38. The third kappa shape index (κ3) is 6.83. The van der Waals surface area contributed by atoms with Crippen LogP contribution in [0.5, 0.6) is 11.5 Å². The van der Waals surface area contributed by atoms with E-state index in [4.69, 9.17) is 14.2 Å². The minimum absolute atomic E-state index is 0.313. The van der Waals surface area contributed by atoms with Gasteiger partial charge in [-0.15, -0.1) is 0 Å². The lowest BCUT2D eigenvalue weighted by molar-refractivity contribution is -0.135. The van der Waals surface area contributed by atoms with E-state index in [0.29, 0.717) is 12.4 Å². The first-order valence-electron chi connectivity index (χ1n) is 12.8. The standard InChI is InChI=1S/C30H36O4/c1-2-3-4-5-6-7-8-9-14-21-32-27-18-13-12-17-26(27)28-29(34-28)30(31)33-25-20-19-23-15-10-11-16-24(23)22-25/h10-13,15-20,22,28-29H,2-9,14,21H2,1H3. The third-order valence-electron chi connectivity index (χ3n) is 6.39. The predicted octanol–water partition coefficient (Wildman–Crippen LogP) is 7.79. The van der Waals surface area contributed by atoms with Crippen molar-refractivity contribution in [2.24, 2.45) is 0 Å². The monoisotopic (exact) mass is 460 g/mol. The molecule has 0 aromatic heterocycles. The molecule has 0 radical (unpaired) electrons. The van der Waals surface area contributed by atoms with E-state index in [0.717, 1.165) is 28.5 Å². The summed E-state index contributed by atoms with van der Waals surface area (Å²) >= 11 is 0. The van der Waals surface area contributed by atoms with Crippen LogP contribution in [-0.2, 0) is 9.53 Å². The second kappa shape index (κ2) is 12.6. The number of ether oxygens (including phenoxy) is 3. The van der Waals surface area contributed by atoms with Gasteiger partial charge in [-0.1, -0.05) is 107 Å². The predicted molar refractivity (Wildman–Crippen MR) is 136 cm³/mol. The molecule has 4 nitrogen and oxygen atoms in total. The second-order valence-corrected chi connectivity index (χ2v) is 9.12. The smallest absolute Gasteiger partial charge is 0.343 e. The maximum absolute atomic E-state index is 12.7. The summed E-state index contributed by atoms with van der Waals surface area (Å²) in [6.07, 6.45) is 10.7. The van der Waals surface area contributed by atoms with E-state index in [1.165, 1.54) is 51.4 Å². The van der Waals surface area contributed by atoms with Crippen LogP contribution in [0.2, 0.25) is 0 Å². The second-order valence-electron chi connectivity index (χ2n) is 9.12. The topological polar surface area (TPSA) is 48.1 Å². The van der Waals surface area contributed by atoms with Crippen LogP contribution in [0.15, 0.2) is 66.7 Å². The molecule has 4 rings (SSSR count). The number of epoxide rings is 1. The maximum Gasteiger partial charge on any atom is 0.343 e. The number of esters is 1. The van der Waals surface area contributed by atoms with Crippen LogP contribution in [0.25, 0.3) is 10.8 Å². The van der Waals surface area contributed by atoms with Crippen LogP contribution >= 0.6 is 0 Å². The first-order valence-corrected chi connectivity index (χ1v) is 12.8. The van der Waals surface area contributed by atoms with Gasteiger partial charge in [-0.25, -0.2) is 4.79 Å². The summed E-state index contributed by atoms with van der Waals surface area (Å²) in [6.45, 7) is 2.94. The lowest BCUT2D eigenvalue weighted by Crippen LogP contribution is -2.15. The molecule has 1 saturated heterocycles. The molecule has 1 heterocycles. The Morgan fingerprint density at radius 3 is 2.26 bits per heavy atom. The molecule has 2 atom stereocenters. The Morgan fingerprint density at radius 1 is 0.794 bits per heavy atom. The third-order valence-corrected chi connectivity index (χ3v) is 6.39. The number of carbonyl (C=O) groups is 1. The zero-order valence-electron chi connectivity index (χ0n) is 20.2. The van der Waals surface area contributed by atoms with Crippen LogP contribution in [0.4, 0.5) is 0 Å². The molecular formula is C30H36O4. The van der Waals surface area contributed by atoms with E-state index in [1.807, 2.05) is 66.7 Å². The summed E-state index contributed by atoms with van der Waals surface area (Å²) in [5.41, 5.74) is 0.916. The van der Waals surface area contributed by atoms with Gasteiger partial charge in [0.15, 0.2) is 6.10 Å². The summed E-state index contributed by atoms with van der Waals surface area (Å²) in [5.74, 6) is 0.968. The van der Waals surface area contributed by atoms with E-state index >= 15 is 0 Å². The van der Waals surface area contributed by atoms with Crippen molar-refractivity contribution in [1.29, 1.82) is 0 Å². The van der Waals surface area contributed by atoms with Gasteiger partial charge in [0, 0.05) is 5.56 Å². The van der Waals surface area contributed by atoms with E-state index in [1.54, 1.807) is 0 Å². The Balaban J connectivity index is 1.21. The van der Waals surface area contributed by atoms with E-state index < -0.39 is 6.10 Å². The van der Waals surface area contributed by atoms with Crippen molar-refractivity contribution < 1.29 is 19.0 Å². The number of unbranched alkanes of at least 4 members (excludes halogenated alkanes) is 8. The Bertz CT molecular complexity index is 1060. The van der Waals surface area contributed by atoms with Crippen molar-refractivity contribution in [3.63, 3.8) is 0 Å². The van der Waals surface area contributed by atoms with Crippen LogP contribution < -0.4 is 9.47 Å². The average molecular weight is 461 g/mol. The Hall–Kier alpha value is -2.85. The lowest BCUT2D eigenvalue weighted by Gasteiger charge is -2.10. The Labute approximate surface area is 203 Å². The van der Waals surface area contributed by atoms with Gasteiger partial charge in [0.25, 0.3) is 0 Å². The molecule has 1 aliphatic heterocycles. The van der Waals surface area contributed by atoms with Gasteiger partial charge in [0.05, 0.1) is 6.61 Å². The summed E-state index contributed by atoms with van der Waals surface area (Å²) in [7, 11) is 0. The van der Waals surface area contributed by atoms with Crippen molar-refractivity contribution in [1.82, 2.24) is 0 Å². The fourth-order valence-corrected chi connectivity index (χ4v) is 4.38. The molecule has 1 aliphatic rings. The summed E-state index contributed by atoms with van der Waals surface area (Å²) in [4.78, 5) is 12.7. The largest absolute Gasteiger partial charge is 0.493 e. The van der Waals surface area contributed by atoms with E-state index in [2.05, 4.69) is 6.92 Å². The van der Waals surface area contributed by atoms with Crippen molar-refractivity contribution in [3.05, 3.63) is 72.3 Å². The molecule has 4 heteroatoms. The number of rotatable bonds is 14. The molecule has 34 heavy (non-hydrogen) atoms.